The van der Waals surface area contributed by atoms with Crippen molar-refractivity contribution in [3.63, 3.8) is 0 Å². The summed E-state index contributed by atoms with van der Waals surface area (Å²) in [5.41, 5.74) is 1.89. The highest BCUT2D eigenvalue weighted by Crippen LogP contribution is 2.23. The Morgan fingerprint density at radius 1 is 1.10 bits per heavy atom. The Balaban J connectivity index is 0.00000420. The van der Waals surface area contributed by atoms with Gasteiger partial charge in [0.1, 0.15) is 5.82 Å². The quantitative estimate of drug-likeness (QED) is 0.289. The van der Waals surface area contributed by atoms with Crippen LogP contribution in [0.15, 0.2) is 53.5 Å². The summed E-state index contributed by atoms with van der Waals surface area (Å²) in [6.45, 7) is 4.97. The number of hydrogen-bond donors (Lipinski definition) is 3. The van der Waals surface area contributed by atoms with E-state index in [0.717, 1.165) is 17.4 Å². The SMILES string of the molecule is CN=C(NCc1ccccc1NS(C)(=O)=O)NCC(C)(C)c1cccc(F)c1.I. The molecule has 0 aromatic heterocycles. The van der Waals surface area contributed by atoms with Gasteiger partial charge >= 0.3 is 0 Å². The van der Waals surface area contributed by atoms with Crippen molar-refractivity contribution in [1.82, 2.24) is 10.6 Å². The molecule has 0 aliphatic heterocycles. The van der Waals surface area contributed by atoms with Crippen LogP contribution in [-0.2, 0) is 22.0 Å². The third-order valence-corrected chi connectivity index (χ3v) is 4.88. The number of nitrogens with one attached hydrogen (secondary N) is 3. The van der Waals surface area contributed by atoms with Crippen LogP contribution in [-0.4, -0.2) is 34.2 Å². The van der Waals surface area contributed by atoms with Crippen molar-refractivity contribution in [2.45, 2.75) is 25.8 Å². The summed E-state index contributed by atoms with van der Waals surface area (Å²) in [6.07, 6.45) is 1.12. The van der Waals surface area contributed by atoms with E-state index in [9.17, 15) is 12.8 Å². The first-order valence-corrected chi connectivity index (χ1v) is 10.8. The normalized spacial score (nSPS) is 12.1. The van der Waals surface area contributed by atoms with Gasteiger partial charge in [0.25, 0.3) is 0 Å². The van der Waals surface area contributed by atoms with E-state index in [4.69, 9.17) is 0 Å². The summed E-state index contributed by atoms with van der Waals surface area (Å²) in [6, 6.07) is 13.7. The molecule has 160 valence electrons. The molecule has 29 heavy (non-hydrogen) atoms. The van der Waals surface area contributed by atoms with Crippen LogP contribution in [0.1, 0.15) is 25.0 Å². The predicted molar refractivity (Wildman–Crippen MR) is 128 cm³/mol. The van der Waals surface area contributed by atoms with Crippen LogP contribution in [0, 0.1) is 5.82 Å². The van der Waals surface area contributed by atoms with Gasteiger partial charge < -0.3 is 10.6 Å². The molecule has 0 spiro atoms. The maximum absolute atomic E-state index is 13.5. The molecular formula is C20H28FIN4O2S. The fraction of sp³-hybridized carbons (Fsp3) is 0.350. The highest BCUT2D eigenvalue weighted by Gasteiger charge is 2.21. The Hall–Kier alpha value is -1.88. The summed E-state index contributed by atoms with van der Waals surface area (Å²) in [5.74, 6) is 0.307. The molecule has 0 fully saturated rings. The summed E-state index contributed by atoms with van der Waals surface area (Å²) in [5, 5.41) is 6.42. The van der Waals surface area contributed by atoms with Crippen molar-refractivity contribution in [2.24, 2.45) is 4.99 Å². The van der Waals surface area contributed by atoms with Gasteiger partial charge in [0.05, 0.1) is 11.9 Å². The number of hydrogen-bond acceptors (Lipinski definition) is 3. The molecule has 6 nitrogen and oxygen atoms in total. The van der Waals surface area contributed by atoms with Crippen molar-refractivity contribution in [3.05, 3.63) is 65.5 Å². The average Bonchev–Trinajstić information content (AvgIpc) is 2.62. The van der Waals surface area contributed by atoms with Crippen molar-refractivity contribution in [2.75, 3.05) is 24.6 Å². The number of sulfonamides is 1. The van der Waals surface area contributed by atoms with Gasteiger partial charge in [0, 0.05) is 25.6 Å². The van der Waals surface area contributed by atoms with Crippen LogP contribution in [0.3, 0.4) is 0 Å². The van der Waals surface area contributed by atoms with E-state index in [1.807, 2.05) is 32.0 Å². The Morgan fingerprint density at radius 3 is 2.41 bits per heavy atom. The molecule has 0 heterocycles. The van der Waals surface area contributed by atoms with Gasteiger partial charge in [-0.2, -0.15) is 0 Å². The van der Waals surface area contributed by atoms with Gasteiger partial charge in [-0.3, -0.25) is 9.71 Å². The molecule has 9 heteroatoms. The van der Waals surface area contributed by atoms with Gasteiger partial charge in [-0.25, -0.2) is 12.8 Å². The summed E-state index contributed by atoms with van der Waals surface area (Å²) in [7, 11) is -1.70. The molecule has 0 aliphatic rings. The second-order valence-electron chi connectivity index (χ2n) is 7.20. The first kappa shape index (κ1) is 25.2. The van der Waals surface area contributed by atoms with Gasteiger partial charge in [0.15, 0.2) is 5.96 Å². The maximum atomic E-state index is 13.5. The maximum Gasteiger partial charge on any atom is 0.229 e. The smallest absolute Gasteiger partial charge is 0.229 e. The number of para-hydroxylation sites is 1. The van der Waals surface area contributed by atoms with Crippen LogP contribution in [0.5, 0.6) is 0 Å². The van der Waals surface area contributed by atoms with Crippen molar-refractivity contribution in [1.29, 1.82) is 0 Å². The van der Waals surface area contributed by atoms with E-state index in [1.165, 1.54) is 12.1 Å². The number of nitrogens with zero attached hydrogens (tertiary/aromatic N) is 1. The lowest BCUT2D eigenvalue weighted by Gasteiger charge is -2.27. The summed E-state index contributed by atoms with van der Waals surface area (Å²) >= 11 is 0. The Bertz CT molecular complexity index is 949. The highest BCUT2D eigenvalue weighted by molar-refractivity contribution is 14.0. The first-order valence-electron chi connectivity index (χ1n) is 8.87. The van der Waals surface area contributed by atoms with Crippen LogP contribution >= 0.6 is 24.0 Å². The summed E-state index contributed by atoms with van der Waals surface area (Å²) < 4.78 is 39.1. The Labute approximate surface area is 189 Å². The molecule has 0 saturated carbocycles. The topological polar surface area (TPSA) is 82.6 Å². The van der Waals surface area contributed by atoms with Crippen LogP contribution < -0.4 is 15.4 Å². The number of rotatable bonds is 7. The zero-order chi connectivity index (χ0) is 20.8. The van der Waals surface area contributed by atoms with E-state index in [1.54, 1.807) is 25.2 Å². The van der Waals surface area contributed by atoms with Crippen molar-refractivity contribution >= 4 is 45.6 Å². The molecule has 0 saturated heterocycles. The fourth-order valence-electron chi connectivity index (χ4n) is 2.69. The number of halogens is 2. The second kappa shape index (κ2) is 10.8. The summed E-state index contributed by atoms with van der Waals surface area (Å²) in [4.78, 5) is 4.20. The average molecular weight is 534 g/mol. The van der Waals surface area contributed by atoms with E-state index in [-0.39, 0.29) is 35.2 Å². The monoisotopic (exact) mass is 534 g/mol. The van der Waals surface area contributed by atoms with E-state index in [2.05, 4.69) is 20.3 Å². The Kier molecular flexibility index (Phi) is 9.34. The first-order chi connectivity index (χ1) is 13.1. The largest absolute Gasteiger partial charge is 0.356 e. The zero-order valence-electron chi connectivity index (χ0n) is 17.0. The minimum atomic E-state index is -3.36. The molecule has 2 aromatic carbocycles. The minimum absolute atomic E-state index is 0. The van der Waals surface area contributed by atoms with Gasteiger partial charge in [-0.1, -0.05) is 44.2 Å². The third-order valence-electron chi connectivity index (χ3n) is 4.29. The molecule has 3 N–H and O–H groups in total. The van der Waals surface area contributed by atoms with E-state index >= 15 is 0 Å². The van der Waals surface area contributed by atoms with Crippen molar-refractivity contribution < 1.29 is 12.8 Å². The molecule has 0 aliphatic carbocycles. The van der Waals surface area contributed by atoms with Gasteiger partial charge in [0.2, 0.25) is 10.0 Å². The van der Waals surface area contributed by atoms with Gasteiger partial charge in [-0.15, -0.1) is 24.0 Å². The lowest BCUT2D eigenvalue weighted by atomic mass is 9.84. The third kappa shape index (κ3) is 8.17. The highest BCUT2D eigenvalue weighted by atomic mass is 127. The number of guanidine groups is 1. The van der Waals surface area contributed by atoms with Crippen LogP contribution in [0.2, 0.25) is 0 Å². The standard InChI is InChI=1S/C20H27FN4O2S.HI/c1-20(2,16-9-7-10-17(21)12-16)14-24-19(22-3)23-13-15-8-5-6-11-18(15)25-28(4,26)27;/h5-12,25H,13-14H2,1-4H3,(H2,22,23,24);1H. The zero-order valence-corrected chi connectivity index (χ0v) is 20.1. The molecule has 0 atom stereocenters. The molecule has 2 rings (SSSR count). The van der Waals surface area contributed by atoms with Crippen LogP contribution in [0.25, 0.3) is 0 Å². The number of benzene rings is 2. The molecule has 0 radical (unpaired) electrons. The van der Waals surface area contributed by atoms with Crippen LogP contribution in [0.4, 0.5) is 10.1 Å². The van der Waals surface area contributed by atoms with Crippen molar-refractivity contribution in [3.8, 4) is 0 Å². The van der Waals surface area contributed by atoms with E-state index < -0.39 is 10.0 Å². The lowest BCUT2D eigenvalue weighted by Crippen LogP contribution is -2.43. The fourth-order valence-corrected chi connectivity index (χ4v) is 3.29. The molecule has 0 amide bonds. The molecule has 0 bridgehead atoms. The second-order valence-corrected chi connectivity index (χ2v) is 8.95. The predicted octanol–water partition coefficient (Wildman–Crippen LogP) is 3.46. The number of anilines is 1. The minimum Gasteiger partial charge on any atom is -0.356 e. The lowest BCUT2D eigenvalue weighted by molar-refractivity contribution is 0.503. The van der Waals surface area contributed by atoms with E-state index in [0.29, 0.717) is 24.7 Å². The Morgan fingerprint density at radius 2 is 1.79 bits per heavy atom. The van der Waals surface area contributed by atoms with Gasteiger partial charge in [-0.05, 0) is 29.3 Å². The molecule has 2 aromatic rings. The molecule has 0 unspecified atom stereocenters. The number of aliphatic imine (C=N–C) groups is 1. The molecular weight excluding hydrogens is 506 g/mol.